The number of hydrogen-bond acceptors (Lipinski definition) is 3. The second-order valence-electron chi connectivity index (χ2n) is 1.88. The molecular formula is C4H9F3N2O. The predicted molar refractivity (Wildman–Crippen MR) is 28.9 cm³/mol. The summed E-state index contributed by atoms with van der Waals surface area (Å²) >= 11 is 0. The lowest BCUT2D eigenvalue weighted by Crippen LogP contribution is -2.34. The van der Waals surface area contributed by atoms with Gasteiger partial charge in [-0.2, -0.15) is 13.2 Å². The van der Waals surface area contributed by atoms with Crippen LogP contribution >= 0.6 is 0 Å². The summed E-state index contributed by atoms with van der Waals surface area (Å²) < 4.78 is 34.2. The lowest BCUT2D eigenvalue weighted by atomic mass is 10.2. The van der Waals surface area contributed by atoms with Gasteiger partial charge in [0.2, 0.25) is 0 Å². The summed E-state index contributed by atoms with van der Waals surface area (Å²) in [5.41, 5.74) is 1.94. The molecule has 0 aromatic rings. The van der Waals surface area contributed by atoms with Crippen molar-refractivity contribution in [1.29, 1.82) is 0 Å². The fourth-order valence-electron chi connectivity index (χ4n) is 0.475. The van der Waals surface area contributed by atoms with E-state index < -0.39 is 18.7 Å². The molecule has 3 nitrogen and oxygen atoms in total. The van der Waals surface area contributed by atoms with Crippen LogP contribution in [0.15, 0.2) is 0 Å². The van der Waals surface area contributed by atoms with Gasteiger partial charge in [-0.05, 0) is 0 Å². The minimum atomic E-state index is -4.32. The number of nitrogens with one attached hydrogen (secondary N) is 1. The molecule has 0 saturated heterocycles. The zero-order valence-electron chi connectivity index (χ0n) is 5.15. The highest BCUT2D eigenvalue weighted by Crippen LogP contribution is 2.20. The Kier molecular flexibility index (Phi) is 3.62. The van der Waals surface area contributed by atoms with Gasteiger partial charge in [0.25, 0.3) is 0 Å². The van der Waals surface area contributed by atoms with Crippen LogP contribution in [0.5, 0.6) is 0 Å². The summed E-state index contributed by atoms with van der Waals surface area (Å²) in [7, 11) is 0. The monoisotopic (exact) mass is 158 g/mol. The minimum absolute atomic E-state index is 0.250. The van der Waals surface area contributed by atoms with E-state index in [0.717, 1.165) is 0 Å². The number of nitrogens with two attached hydrogens (primary N) is 1. The van der Waals surface area contributed by atoms with Crippen molar-refractivity contribution >= 4 is 0 Å². The summed E-state index contributed by atoms with van der Waals surface area (Å²) in [6.45, 7) is -0.250. The summed E-state index contributed by atoms with van der Waals surface area (Å²) in [4.78, 5) is 0. The molecular weight excluding hydrogens is 149 g/mol. The molecule has 0 heterocycles. The van der Waals surface area contributed by atoms with E-state index in [0.29, 0.717) is 0 Å². The average molecular weight is 158 g/mol. The molecule has 0 saturated carbocycles. The standard InChI is InChI=1S/C4H9F3N2O/c5-4(6,7)1-3(10)2-9-8/h3,9-10H,1-2,8H2. The molecule has 0 aromatic heterocycles. The molecule has 0 aliphatic carbocycles. The van der Waals surface area contributed by atoms with E-state index in [1.165, 1.54) is 0 Å². The summed E-state index contributed by atoms with van der Waals surface area (Å²) in [5.74, 6) is 4.67. The molecule has 0 bridgehead atoms. The first-order valence-corrected chi connectivity index (χ1v) is 2.64. The highest BCUT2D eigenvalue weighted by atomic mass is 19.4. The Labute approximate surface area is 56.0 Å². The molecule has 0 spiro atoms. The SMILES string of the molecule is NNCC(O)CC(F)(F)F. The number of alkyl halides is 3. The molecule has 0 radical (unpaired) electrons. The van der Waals surface area contributed by atoms with E-state index in [9.17, 15) is 13.2 Å². The number of aliphatic hydroxyl groups is 1. The highest BCUT2D eigenvalue weighted by Gasteiger charge is 2.30. The van der Waals surface area contributed by atoms with E-state index in [4.69, 9.17) is 5.11 Å². The van der Waals surface area contributed by atoms with Crippen molar-refractivity contribution in [2.75, 3.05) is 6.54 Å². The van der Waals surface area contributed by atoms with Gasteiger partial charge in [-0.3, -0.25) is 11.3 Å². The first-order valence-electron chi connectivity index (χ1n) is 2.64. The van der Waals surface area contributed by atoms with Gasteiger partial charge in [-0.15, -0.1) is 0 Å². The first kappa shape index (κ1) is 9.67. The van der Waals surface area contributed by atoms with Crippen LogP contribution in [-0.4, -0.2) is 23.9 Å². The fourth-order valence-corrected chi connectivity index (χ4v) is 0.475. The third kappa shape index (κ3) is 5.80. The van der Waals surface area contributed by atoms with Crippen molar-refractivity contribution in [1.82, 2.24) is 5.43 Å². The van der Waals surface area contributed by atoms with E-state index in [2.05, 4.69) is 5.84 Å². The second-order valence-corrected chi connectivity index (χ2v) is 1.88. The zero-order chi connectivity index (χ0) is 8.20. The number of aliphatic hydroxyl groups excluding tert-OH is 1. The number of hydrogen-bond donors (Lipinski definition) is 3. The van der Waals surface area contributed by atoms with Gasteiger partial charge in [0.15, 0.2) is 0 Å². The molecule has 0 aliphatic rings. The molecule has 62 valence electrons. The van der Waals surface area contributed by atoms with Crippen molar-refractivity contribution in [2.45, 2.75) is 18.7 Å². The maximum Gasteiger partial charge on any atom is 0.391 e. The van der Waals surface area contributed by atoms with Gasteiger partial charge in [-0.25, -0.2) is 0 Å². The summed E-state index contributed by atoms with van der Waals surface area (Å²) in [6.07, 6.45) is -7.00. The summed E-state index contributed by atoms with van der Waals surface area (Å²) in [6, 6.07) is 0. The minimum Gasteiger partial charge on any atom is -0.391 e. The molecule has 10 heavy (non-hydrogen) atoms. The molecule has 1 unspecified atom stereocenters. The van der Waals surface area contributed by atoms with Gasteiger partial charge in [0.1, 0.15) is 0 Å². The van der Waals surface area contributed by atoms with Crippen molar-refractivity contribution in [3.8, 4) is 0 Å². The van der Waals surface area contributed by atoms with Crippen molar-refractivity contribution < 1.29 is 18.3 Å². The van der Waals surface area contributed by atoms with E-state index in [1.54, 1.807) is 0 Å². The molecule has 0 fully saturated rings. The van der Waals surface area contributed by atoms with Crippen molar-refractivity contribution in [3.05, 3.63) is 0 Å². The van der Waals surface area contributed by atoms with E-state index >= 15 is 0 Å². The summed E-state index contributed by atoms with van der Waals surface area (Å²) in [5, 5.41) is 8.52. The Morgan fingerprint density at radius 2 is 2.00 bits per heavy atom. The zero-order valence-corrected chi connectivity index (χ0v) is 5.15. The van der Waals surface area contributed by atoms with Crippen molar-refractivity contribution in [3.63, 3.8) is 0 Å². The number of hydrazine groups is 1. The third-order valence-electron chi connectivity index (χ3n) is 0.821. The van der Waals surface area contributed by atoms with Crippen LogP contribution in [0.3, 0.4) is 0 Å². The largest absolute Gasteiger partial charge is 0.391 e. The molecule has 0 rings (SSSR count). The van der Waals surface area contributed by atoms with E-state index in [1.807, 2.05) is 5.43 Å². The third-order valence-corrected chi connectivity index (χ3v) is 0.821. The van der Waals surface area contributed by atoms with Gasteiger partial charge in [0, 0.05) is 6.54 Å². The predicted octanol–water partition coefficient (Wildman–Crippen LogP) is -0.237. The van der Waals surface area contributed by atoms with Crippen LogP contribution < -0.4 is 11.3 Å². The Hall–Kier alpha value is -0.330. The topological polar surface area (TPSA) is 58.3 Å². The first-order chi connectivity index (χ1) is 4.45. The second kappa shape index (κ2) is 3.75. The Morgan fingerprint density at radius 1 is 1.50 bits per heavy atom. The smallest absolute Gasteiger partial charge is 0.391 e. The van der Waals surface area contributed by atoms with Crippen LogP contribution in [0.2, 0.25) is 0 Å². The van der Waals surface area contributed by atoms with Crippen LogP contribution in [0.1, 0.15) is 6.42 Å². The lowest BCUT2D eigenvalue weighted by molar-refractivity contribution is -0.152. The van der Waals surface area contributed by atoms with Gasteiger partial charge < -0.3 is 5.11 Å². The Bertz CT molecular complexity index is 95.0. The maximum absolute atomic E-state index is 11.4. The van der Waals surface area contributed by atoms with Gasteiger partial charge in [-0.1, -0.05) is 0 Å². The normalized spacial score (nSPS) is 15.3. The van der Waals surface area contributed by atoms with Crippen LogP contribution in [0, 0.1) is 0 Å². The maximum atomic E-state index is 11.4. The molecule has 4 N–H and O–H groups in total. The van der Waals surface area contributed by atoms with Crippen LogP contribution in [-0.2, 0) is 0 Å². The Balaban J connectivity index is 3.47. The molecule has 0 aliphatic heterocycles. The average Bonchev–Trinajstić information content (AvgIpc) is 1.59. The Morgan fingerprint density at radius 3 is 2.30 bits per heavy atom. The number of rotatable bonds is 3. The van der Waals surface area contributed by atoms with Gasteiger partial charge >= 0.3 is 6.18 Å². The quantitative estimate of drug-likeness (QED) is 0.392. The molecule has 0 amide bonds. The lowest BCUT2D eigenvalue weighted by Gasteiger charge is -2.11. The van der Waals surface area contributed by atoms with Gasteiger partial charge in [0.05, 0.1) is 12.5 Å². The van der Waals surface area contributed by atoms with Crippen molar-refractivity contribution in [2.24, 2.45) is 5.84 Å². The fraction of sp³-hybridized carbons (Fsp3) is 1.00. The van der Waals surface area contributed by atoms with Crippen LogP contribution in [0.4, 0.5) is 13.2 Å². The number of halogens is 3. The van der Waals surface area contributed by atoms with E-state index in [-0.39, 0.29) is 6.54 Å². The van der Waals surface area contributed by atoms with Crippen LogP contribution in [0.25, 0.3) is 0 Å². The molecule has 0 aromatic carbocycles. The highest BCUT2D eigenvalue weighted by molar-refractivity contribution is 4.62. The molecule has 6 heteroatoms. The molecule has 1 atom stereocenters.